The molecule has 5 N–H and O–H groups in total. The summed E-state index contributed by atoms with van der Waals surface area (Å²) in [6.45, 7) is -0.354. The van der Waals surface area contributed by atoms with E-state index in [2.05, 4.69) is 0 Å². The maximum Gasteiger partial charge on any atom is 0.337 e. The number of aliphatic hydroxyl groups is 2. The molecular formula is C10H13NO4. The van der Waals surface area contributed by atoms with Crippen LogP contribution in [0.5, 0.6) is 0 Å². The second-order valence-electron chi connectivity index (χ2n) is 3.27. The van der Waals surface area contributed by atoms with Crippen LogP contribution in [0.15, 0.2) is 18.2 Å². The normalized spacial score (nSPS) is 12.4. The highest BCUT2D eigenvalue weighted by Gasteiger charge is 2.10. The number of hydrogen-bond donors (Lipinski definition) is 4. The minimum Gasteiger partial charge on any atom is -0.478 e. The Kier molecular flexibility index (Phi) is 3.65. The molecule has 0 aliphatic carbocycles. The number of anilines is 1. The first-order valence-electron chi connectivity index (χ1n) is 4.45. The van der Waals surface area contributed by atoms with Gasteiger partial charge < -0.3 is 21.1 Å². The maximum atomic E-state index is 10.7. The van der Waals surface area contributed by atoms with E-state index in [1.54, 1.807) is 6.07 Å². The summed E-state index contributed by atoms with van der Waals surface area (Å²) < 4.78 is 0. The fourth-order valence-electron chi connectivity index (χ4n) is 1.25. The van der Waals surface area contributed by atoms with Crippen molar-refractivity contribution in [2.24, 2.45) is 0 Å². The zero-order valence-electron chi connectivity index (χ0n) is 8.05. The summed E-state index contributed by atoms with van der Waals surface area (Å²) in [5.41, 5.74) is 6.29. The first-order chi connectivity index (χ1) is 7.04. The van der Waals surface area contributed by atoms with Gasteiger partial charge in [0.1, 0.15) is 0 Å². The Balaban J connectivity index is 2.92. The molecule has 0 radical (unpaired) electrons. The summed E-state index contributed by atoms with van der Waals surface area (Å²) in [7, 11) is 0. The predicted molar refractivity (Wildman–Crippen MR) is 54.6 cm³/mol. The van der Waals surface area contributed by atoms with Crippen LogP contribution in [0.3, 0.4) is 0 Å². The van der Waals surface area contributed by atoms with Crippen LogP contribution in [0.1, 0.15) is 15.9 Å². The lowest BCUT2D eigenvalue weighted by Crippen LogP contribution is -2.15. The molecule has 1 unspecified atom stereocenters. The van der Waals surface area contributed by atoms with Gasteiger partial charge in [0.15, 0.2) is 0 Å². The molecule has 1 rings (SSSR count). The summed E-state index contributed by atoms with van der Waals surface area (Å²) in [5, 5.41) is 26.6. The number of carboxylic acid groups (broad SMARTS) is 1. The van der Waals surface area contributed by atoms with Gasteiger partial charge in [-0.1, -0.05) is 6.07 Å². The predicted octanol–water partition coefficient (Wildman–Crippen LogP) is -0.137. The van der Waals surface area contributed by atoms with Crippen molar-refractivity contribution >= 4 is 11.7 Å². The molecule has 0 spiro atoms. The average Bonchev–Trinajstić information content (AvgIpc) is 2.20. The lowest BCUT2D eigenvalue weighted by Gasteiger charge is -2.08. The number of carboxylic acids is 1. The van der Waals surface area contributed by atoms with E-state index in [1.807, 2.05) is 0 Å². The summed E-state index contributed by atoms with van der Waals surface area (Å²) >= 11 is 0. The van der Waals surface area contributed by atoms with Crippen molar-refractivity contribution in [2.45, 2.75) is 12.5 Å². The number of nitrogens with two attached hydrogens (primary N) is 1. The smallest absolute Gasteiger partial charge is 0.337 e. The third kappa shape index (κ3) is 2.93. The molecule has 15 heavy (non-hydrogen) atoms. The first-order valence-corrected chi connectivity index (χ1v) is 4.45. The van der Waals surface area contributed by atoms with Gasteiger partial charge in [0, 0.05) is 12.1 Å². The highest BCUT2D eigenvalue weighted by molar-refractivity contribution is 5.93. The number of aliphatic hydroxyl groups excluding tert-OH is 2. The quantitative estimate of drug-likeness (QED) is 0.519. The van der Waals surface area contributed by atoms with Crippen molar-refractivity contribution in [2.75, 3.05) is 12.3 Å². The van der Waals surface area contributed by atoms with E-state index in [1.165, 1.54) is 12.1 Å². The molecule has 0 saturated heterocycles. The van der Waals surface area contributed by atoms with Gasteiger partial charge in [0.2, 0.25) is 0 Å². The zero-order chi connectivity index (χ0) is 11.4. The van der Waals surface area contributed by atoms with E-state index in [-0.39, 0.29) is 24.3 Å². The second-order valence-corrected chi connectivity index (χ2v) is 3.27. The van der Waals surface area contributed by atoms with Gasteiger partial charge in [-0.25, -0.2) is 4.79 Å². The van der Waals surface area contributed by atoms with Gasteiger partial charge in [0.25, 0.3) is 0 Å². The molecule has 0 aliphatic heterocycles. The molecule has 5 nitrogen and oxygen atoms in total. The number of aromatic carboxylic acids is 1. The van der Waals surface area contributed by atoms with Crippen LogP contribution in [0.2, 0.25) is 0 Å². The lowest BCUT2D eigenvalue weighted by atomic mass is 10.0. The van der Waals surface area contributed by atoms with Crippen molar-refractivity contribution in [1.82, 2.24) is 0 Å². The van der Waals surface area contributed by atoms with E-state index in [4.69, 9.17) is 15.9 Å². The zero-order valence-corrected chi connectivity index (χ0v) is 8.05. The SMILES string of the molecule is Nc1ccc(CC(O)CO)cc1C(=O)O. The molecule has 1 aromatic carbocycles. The van der Waals surface area contributed by atoms with Crippen molar-refractivity contribution in [1.29, 1.82) is 0 Å². The average molecular weight is 211 g/mol. The third-order valence-electron chi connectivity index (χ3n) is 2.03. The number of rotatable bonds is 4. The monoisotopic (exact) mass is 211 g/mol. The van der Waals surface area contributed by atoms with Crippen LogP contribution in [-0.4, -0.2) is 34.0 Å². The van der Waals surface area contributed by atoms with Crippen molar-refractivity contribution in [3.63, 3.8) is 0 Å². The fraction of sp³-hybridized carbons (Fsp3) is 0.300. The molecule has 0 heterocycles. The molecule has 0 fully saturated rings. The number of benzene rings is 1. The molecule has 0 amide bonds. The molecule has 1 atom stereocenters. The van der Waals surface area contributed by atoms with Crippen LogP contribution in [0, 0.1) is 0 Å². The van der Waals surface area contributed by atoms with E-state index in [9.17, 15) is 9.90 Å². The third-order valence-corrected chi connectivity index (χ3v) is 2.03. The summed E-state index contributed by atoms with van der Waals surface area (Å²) in [6.07, 6.45) is -0.674. The number of carbonyl (C=O) groups is 1. The van der Waals surface area contributed by atoms with Crippen molar-refractivity contribution in [3.05, 3.63) is 29.3 Å². The van der Waals surface area contributed by atoms with Gasteiger partial charge >= 0.3 is 5.97 Å². The van der Waals surface area contributed by atoms with E-state index >= 15 is 0 Å². The summed E-state index contributed by atoms with van der Waals surface area (Å²) in [5.74, 6) is -1.10. The maximum absolute atomic E-state index is 10.7. The highest BCUT2D eigenvalue weighted by atomic mass is 16.4. The molecule has 0 aliphatic rings. The van der Waals surface area contributed by atoms with E-state index in [0.717, 1.165) is 0 Å². The minimum atomic E-state index is -1.10. The topological polar surface area (TPSA) is 104 Å². The Labute approximate surface area is 86.8 Å². The molecule has 0 bridgehead atoms. The lowest BCUT2D eigenvalue weighted by molar-refractivity contribution is 0.0697. The summed E-state index contributed by atoms with van der Waals surface area (Å²) in [4.78, 5) is 10.7. The van der Waals surface area contributed by atoms with Crippen LogP contribution < -0.4 is 5.73 Å². The highest BCUT2D eigenvalue weighted by Crippen LogP contribution is 2.15. The van der Waals surface area contributed by atoms with Gasteiger partial charge in [0.05, 0.1) is 18.3 Å². The minimum absolute atomic E-state index is 0.0117. The van der Waals surface area contributed by atoms with E-state index in [0.29, 0.717) is 5.56 Å². The number of nitrogen functional groups attached to an aromatic ring is 1. The first kappa shape index (κ1) is 11.5. The molecule has 82 valence electrons. The van der Waals surface area contributed by atoms with Gasteiger partial charge in [-0.2, -0.15) is 0 Å². The Hall–Kier alpha value is -1.59. The van der Waals surface area contributed by atoms with E-state index < -0.39 is 12.1 Å². The standard InChI is InChI=1S/C10H13NO4/c11-9-2-1-6(3-7(13)5-12)4-8(9)10(14)15/h1-2,4,7,12-13H,3,5,11H2,(H,14,15). The van der Waals surface area contributed by atoms with Crippen LogP contribution in [0.4, 0.5) is 5.69 Å². The Morgan fingerprint density at radius 1 is 1.47 bits per heavy atom. The molecule has 0 saturated carbocycles. The van der Waals surface area contributed by atoms with Crippen LogP contribution in [0.25, 0.3) is 0 Å². The molecule has 1 aromatic rings. The molecule has 5 heteroatoms. The molecule has 0 aromatic heterocycles. The Morgan fingerprint density at radius 3 is 2.67 bits per heavy atom. The Morgan fingerprint density at radius 2 is 2.13 bits per heavy atom. The second kappa shape index (κ2) is 4.77. The van der Waals surface area contributed by atoms with Crippen LogP contribution in [-0.2, 0) is 6.42 Å². The summed E-state index contributed by atoms with van der Waals surface area (Å²) in [6, 6.07) is 4.50. The van der Waals surface area contributed by atoms with Gasteiger partial charge in [-0.05, 0) is 17.7 Å². The van der Waals surface area contributed by atoms with Gasteiger partial charge in [-0.15, -0.1) is 0 Å². The number of hydrogen-bond acceptors (Lipinski definition) is 4. The fourth-order valence-corrected chi connectivity index (χ4v) is 1.25. The van der Waals surface area contributed by atoms with Gasteiger partial charge in [-0.3, -0.25) is 0 Å². The van der Waals surface area contributed by atoms with Crippen LogP contribution >= 0.6 is 0 Å². The molecular weight excluding hydrogens is 198 g/mol. The Bertz CT molecular complexity index is 364. The van der Waals surface area contributed by atoms with Crippen molar-refractivity contribution < 1.29 is 20.1 Å². The largest absolute Gasteiger partial charge is 0.478 e. The van der Waals surface area contributed by atoms with Crippen molar-refractivity contribution in [3.8, 4) is 0 Å².